The minimum absolute atomic E-state index is 0.258. The van der Waals surface area contributed by atoms with E-state index in [0.717, 1.165) is 42.1 Å². The second kappa shape index (κ2) is 6.12. The van der Waals surface area contributed by atoms with Crippen molar-refractivity contribution in [2.45, 2.75) is 32.2 Å². The first-order valence-corrected chi connectivity index (χ1v) is 9.09. The lowest BCUT2D eigenvalue weighted by molar-refractivity contribution is 0.547. The third-order valence-corrected chi connectivity index (χ3v) is 5.57. The summed E-state index contributed by atoms with van der Waals surface area (Å²) in [6, 6.07) is 9.82. The number of hydrogen-bond donors (Lipinski definition) is 1. The van der Waals surface area contributed by atoms with E-state index in [1.807, 2.05) is 30.3 Å². The van der Waals surface area contributed by atoms with Crippen LogP contribution in [0.5, 0.6) is 0 Å². The first-order chi connectivity index (χ1) is 10.1. The number of fused-ring (bicyclic) bond motifs is 1. The van der Waals surface area contributed by atoms with Gasteiger partial charge >= 0.3 is 0 Å². The molecule has 0 spiro atoms. The Morgan fingerprint density at radius 3 is 2.76 bits per heavy atom. The number of pyridine rings is 1. The zero-order chi connectivity index (χ0) is 14.7. The molecular weight excluding hydrogens is 284 g/mol. The fourth-order valence-electron chi connectivity index (χ4n) is 2.95. The number of nitrogens with zero attached hydrogens (tertiary/aromatic N) is 1. The quantitative estimate of drug-likeness (QED) is 0.924. The predicted octanol–water partition coefficient (Wildman–Crippen LogP) is 2.84. The van der Waals surface area contributed by atoms with Crippen LogP contribution < -0.4 is 4.72 Å². The van der Waals surface area contributed by atoms with E-state index in [-0.39, 0.29) is 5.75 Å². The topological polar surface area (TPSA) is 59.1 Å². The molecule has 1 fully saturated rings. The highest BCUT2D eigenvalue weighted by atomic mass is 32.2. The van der Waals surface area contributed by atoms with Gasteiger partial charge in [-0.05, 0) is 36.5 Å². The minimum Gasteiger partial charge on any atom is -0.256 e. The van der Waals surface area contributed by atoms with Gasteiger partial charge in [0.15, 0.2) is 0 Å². The third kappa shape index (κ3) is 3.80. The van der Waals surface area contributed by atoms with Crippen molar-refractivity contribution in [3.05, 3.63) is 42.1 Å². The number of sulfonamides is 1. The molecule has 1 aromatic carbocycles. The number of hydrogen-bond acceptors (Lipinski definition) is 3. The number of rotatable bonds is 5. The molecule has 1 N–H and O–H groups in total. The van der Waals surface area contributed by atoms with Gasteiger partial charge in [-0.15, -0.1) is 0 Å². The summed E-state index contributed by atoms with van der Waals surface area (Å²) >= 11 is 0. The maximum atomic E-state index is 12.1. The SMILES string of the molecule is O=S(=O)(CC1CCCC1)NCc1cnc2ccccc2c1. The Hall–Kier alpha value is -1.46. The Kier molecular flexibility index (Phi) is 4.22. The molecule has 5 heteroatoms. The molecule has 0 radical (unpaired) electrons. The maximum absolute atomic E-state index is 12.1. The van der Waals surface area contributed by atoms with Crippen LogP contribution >= 0.6 is 0 Å². The molecule has 0 atom stereocenters. The summed E-state index contributed by atoms with van der Waals surface area (Å²) in [5, 5.41) is 1.03. The highest BCUT2D eigenvalue weighted by molar-refractivity contribution is 7.89. The van der Waals surface area contributed by atoms with Crippen LogP contribution in [0.3, 0.4) is 0 Å². The molecule has 4 nitrogen and oxygen atoms in total. The third-order valence-electron chi connectivity index (χ3n) is 4.07. The van der Waals surface area contributed by atoms with Gasteiger partial charge in [0.1, 0.15) is 0 Å². The van der Waals surface area contributed by atoms with Gasteiger partial charge in [-0.3, -0.25) is 4.98 Å². The molecule has 1 saturated carbocycles. The number of nitrogens with one attached hydrogen (secondary N) is 1. The first kappa shape index (κ1) is 14.5. The lowest BCUT2D eigenvalue weighted by atomic mass is 10.1. The van der Waals surface area contributed by atoms with E-state index in [1.165, 1.54) is 0 Å². The van der Waals surface area contributed by atoms with E-state index in [0.29, 0.717) is 12.5 Å². The molecule has 0 aliphatic heterocycles. The average Bonchev–Trinajstić information content (AvgIpc) is 2.97. The first-order valence-electron chi connectivity index (χ1n) is 7.43. The molecule has 1 heterocycles. The highest BCUT2D eigenvalue weighted by Crippen LogP contribution is 2.25. The Balaban J connectivity index is 1.64. The van der Waals surface area contributed by atoms with Gasteiger partial charge in [0.2, 0.25) is 10.0 Å². The monoisotopic (exact) mass is 304 g/mol. The van der Waals surface area contributed by atoms with E-state index in [2.05, 4.69) is 9.71 Å². The molecule has 0 saturated heterocycles. The van der Waals surface area contributed by atoms with Crippen molar-refractivity contribution in [3.63, 3.8) is 0 Å². The maximum Gasteiger partial charge on any atom is 0.212 e. The average molecular weight is 304 g/mol. The fraction of sp³-hybridized carbons (Fsp3) is 0.438. The second-order valence-corrected chi connectivity index (χ2v) is 7.64. The van der Waals surface area contributed by atoms with E-state index in [9.17, 15) is 8.42 Å². The van der Waals surface area contributed by atoms with Gasteiger partial charge in [-0.25, -0.2) is 13.1 Å². The van der Waals surface area contributed by atoms with Crippen LogP contribution in [0.15, 0.2) is 36.5 Å². The Morgan fingerprint density at radius 2 is 1.95 bits per heavy atom. The highest BCUT2D eigenvalue weighted by Gasteiger charge is 2.22. The molecule has 0 amide bonds. The smallest absolute Gasteiger partial charge is 0.212 e. The second-order valence-electron chi connectivity index (χ2n) is 5.79. The van der Waals surface area contributed by atoms with Gasteiger partial charge < -0.3 is 0 Å². The predicted molar refractivity (Wildman–Crippen MR) is 84.3 cm³/mol. The van der Waals surface area contributed by atoms with E-state index in [4.69, 9.17) is 0 Å². The molecule has 1 aliphatic carbocycles. The van der Waals surface area contributed by atoms with Crippen LogP contribution in [0.2, 0.25) is 0 Å². The summed E-state index contributed by atoms with van der Waals surface area (Å²) in [4.78, 5) is 4.35. The molecule has 2 aromatic rings. The number of para-hydroxylation sites is 1. The molecule has 3 rings (SSSR count). The van der Waals surface area contributed by atoms with Crippen molar-refractivity contribution < 1.29 is 8.42 Å². The lowest BCUT2D eigenvalue weighted by Gasteiger charge is -2.11. The number of benzene rings is 1. The molecule has 112 valence electrons. The van der Waals surface area contributed by atoms with Gasteiger partial charge in [-0.2, -0.15) is 0 Å². The Labute approximate surface area is 125 Å². The summed E-state index contributed by atoms with van der Waals surface area (Å²) < 4.78 is 26.9. The molecule has 0 bridgehead atoms. The van der Waals surface area contributed by atoms with Gasteiger partial charge in [0.25, 0.3) is 0 Å². The van der Waals surface area contributed by atoms with Gasteiger partial charge in [0.05, 0.1) is 11.3 Å². The van der Waals surface area contributed by atoms with Gasteiger partial charge in [-0.1, -0.05) is 31.0 Å². The van der Waals surface area contributed by atoms with Crippen LogP contribution in [0.25, 0.3) is 10.9 Å². The van der Waals surface area contributed by atoms with Crippen molar-refractivity contribution in [2.75, 3.05) is 5.75 Å². The zero-order valence-electron chi connectivity index (χ0n) is 12.0. The van der Waals surface area contributed by atoms with Crippen molar-refractivity contribution in [1.29, 1.82) is 0 Å². The van der Waals surface area contributed by atoms with Crippen LogP contribution in [-0.4, -0.2) is 19.2 Å². The summed E-state index contributed by atoms with van der Waals surface area (Å²) in [7, 11) is -3.19. The fourth-order valence-corrected chi connectivity index (χ4v) is 4.41. The molecule has 1 aromatic heterocycles. The van der Waals surface area contributed by atoms with E-state index in [1.54, 1.807) is 6.20 Å². The zero-order valence-corrected chi connectivity index (χ0v) is 12.8. The van der Waals surface area contributed by atoms with Crippen LogP contribution in [0.4, 0.5) is 0 Å². The van der Waals surface area contributed by atoms with Crippen molar-refractivity contribution in [1.82, 2.24) is 9.71 Å². The molecular formula is C16H20N2O2S. The summed E-state index contributed by atoms with van der Waals surface area (Å²) in [6.07, 6.45) is 6.14. The standard InChI is InChI=1S/C16H20N2O2S/c19-21(20,12-13-5-1-2-6-13)18-11-14-9-15-7-3-4-8-16(15)17-10-14/h3-4,7-10,13,18H,1-2,5-6,11-12H2. The van der Waals surface area contributed by atoms with E-state index < -0.39 is 10.0 Å². The Morgan fingerprint density at radius 1 is 1.19 bits per heavy atom. The number of aromatic nitrogens is 1. The summed E-state index contributed by atoms with van der Waals surface area (Å²) in [6.45, 7) is 0.312. The van der Waals surface area contributed by atoms with Crippen molar-refractivity contribution >= 4 is 20.9 Å². The van der Waals surface area contributed by atoms with Crippen molar-refractivity contribution in [2.24, 2.45) is 5.92 Å². The van der Waals surface area contributed by atoms with E-state index >= 15 is 0 Å². The van der Waals surface area contributed by atoms with Crippen LogP contribution in [-0.2, 0) is 16.6 Å². The van der Waals surface area contributed by atoms with Crippen molar-refractivity contribution in [3.8, 4) is 0 Å². The summed E-state index contributed by atoms with van der Waals surface area (Å²) in [5.74, 6) is 0.589. The minimum atomic E-state index is -3.19. The summed E-state index contributed by atoms with van der Waals surface area (Å²) in [5.41, 5.74) is 1.82. The van der Waals surface area contributed by atoms with Gasteiger partial charge in [0, 0.05) is 18.1 Å². The molecule has 1 aliphatic rings. The Bertz CT molecular complexity index is 722. The lowest BCUT2D eigenvalue weighted by Crippen LogP contribution is -2.28. The normalized spacial score (nSPS) is 16.6. The molecule has 21 heavy (non-hydrogen) atoms. The molecule has 0 unspecified atom stereocenters. The van der Waals surface area contributed by atoms with Crippen LogP contribution in [0, 0.1) is 5.92 Å². The largest absolute Gasteiger partial charge is 0.256 e. The van der Waals surface area contributed by atoms with Crippen LogP contribution in [0.1, 0.15) is 31.2 Å².